The molecular weight excluding hydrogens is 470 g/mol. The number of carbonyl (C=O) groups is 1. The fourth-order valence-electron chi connectivity index (χ4n) is 4.30. The molecule has 34 heavy (non-hydrogen) atoms. The number of morpholine rings is 1. The number of nitrogens with zero attached hydrogens (tertiary/aromatic N) is 3. The van der Waals surface area contributed by atoms with Crippen molar-refractivity contribution in [3.8, 4) is 0 Å². The van der Waals surface area contributed by atoms with Crippen molar-refractivity contribution in [2.75, 3.05) is 13.1 Å². The van der Waals surface area contributed by atoms with Gasteiger partial charge in [0.05, 0.1) is 27.3 Å². The summed E-state index contributed by atoms with van der Waals surface area (Å²) >= 11 is 1.46. The third-order valence-electron chi connectivity index (χ3n) is 5.75. The van der Waals surface area contributed by atoms with Crippen LogP contribution in [0, 0.1) is 13.8 Å². The summed E-state index contributed by atoms with van der Waals surface area (Å²) in [6, 6.07) is 10.2. The monoisotopic (exact) mass is 499 g/mol. The number of amides is 1. The minimum absolute atomic E-state index is 0.153. The lowest BCUT2D eigenvalue weighted by molar-refractivity contribution is -0.0440. The molecule has 1 amide bonds. The SMILES string of the molecule is C=CCn1c(=NC(=O)c2ccc(S(=O)(=O)N3CC(C)OC(C)C3)cc2)sc2c(C)cc(C)cc21. The Morgan fingerprint density at radius 1 is 1.18 bits per heavy atom. The highest BCUT2D eigenvalue weighted by atomic mass is 32.2. The first kappa shape index (κ1) is 24.5. The van der Waals surface area contributed by atoms with Crippen LogP contribution in [0.15, 0.2) is 58.9 Å². The number of thiazole rings is 1. The number of hydrogen-bond donors (Lipinski definition) is 0. The summed E-state index contributed by atoms with van der Waals surface area (Å²) in [5.41, 5.74) is 3.62. The molecule has 1 fully saturated rings. The number of aryl methyl sites for hydroxylation is 2. The highest BCUT2D eigenvalue weighted by Crippen LogP contribution is 2.24. The molecule has 1 aliphatic heterocycles. The minimum atomic E-state index is -3.67. The molecule has 2 unspecified atom stereocenters. The maximum absolute atomic E-state index is 13.1. The highest BCUT2D eigenvalue weighted by Gasteiger charge is 2.32. The van der Waals surface area contributed by atoms with Crippen LogP contribution in [0.25, 0.3) is 10.2 Å². The minimum Gasteiger partial charge on any atom is -0.373 e. The van der Waals surface area contributed by atoms with Gasteiger partial charge in [-0.1, -0.05) is 23.5 Å². The van der Waals surface area contributed by atoms with Crippen LogP contribution in [0.4, 0.5) is 0 Å². The maximum atomic E-state index is 13.1. The zero-order valence-electron chi connectivity index (χ0n) is 19.8. The van der Waals surface area contributed by atoms with Crippen LogP contribution in [0.2, 0.25) is 0 Å². The van der Waals surface area contributed by atoms with Gasteiger partial charge in [0, 0.05) is 25.2 Å². The average Bonchev–Trinajstić information content (AvgIpc) is 3.11. The van der Waals surface area contributed by atoms with Crippen LogP contribution < -0.4 is 4.80 Å². The molecule has 2 atom stereocenters. The van der Waals surface area contributed by atoms with Crippen LogP contribution in [0.3, 0.4) is 0 Å². The smallest absolute Gasteiger partial charge is 0.279 e. The number of ether oxygens (including phenoxy) is 1. The van der Waals surface area contributed by atoms with E-state index in [9.17, 15) is 13.2 Å². The van der Waals surface area contributed by atoms with Crippen LogP contribution in [-0.4, -0.2) is 48.5 Å². The first-order valence-corrected chi connectivity index (χ1v) is 13.4. The molecule has 2 heterocycles. The molecule has 0 saturated carbocycles. The van der Waals surface area contributed by atoms with Crippen LogP contribution in [0.1, 0.15) is 35.3 Å². The molecule has 180 valence electrons. The lowest BCUT2D eigenvalue weighted by atomic mass is 10.1. The summed E-state index contributed by atoms with van der Waals surface area (Å²) in [5, 5.41) is 0. The Morgan fingerprint density at radius 3 is 2.44 bits per heavy atom. The van der Waals surface area contributed by atoms with Crippen LogP contribution in [0.5, 0.6) is 0 Å². The van der Waals surface area contributed by atoms with Crippen molar-refractivity contribution in [2.45, 2.75) is 51.3 Å². The second kappa shape index (κ2) is 9.58. The summed E-state index contributed by atoms with van der Waals surface area (Å²) in [4.78, 5) is 18.1. The Hall–Kier alpha value is -2.59. The second-order valence-corrected chi connectivity index (χ2v) is 11.7. The zero-order valence-corrected chi connectivity index (χ0v) is 21.4. The number of rotatable bonds is 5. The summed E-state index contributed by atoms with van der Waals surface area (Å²) < 4.78 is 36.3. The molecule has 7 nitrogen and oxygen atoms in total. The van der Waals surface area contributed by atoms with Crippen molar-refractivity contribution in [2.24, 2.45) is 4.99 Å². The summed E-state index contributed by atoms with van der Waals surface area (Å²) in [6.45, 7) is 12.8. The number of fused-ring (bicyclic) bond motifs is 1. The van der Waals surface area contributed by atoms with E-state index in [1.165, 1.54) is 39.9 Å². The summed E-state index contributed by atoms with van der Waals surface area (Å²) in [5.74, 6) is -0.420. The van der Waals surface area contributed by atoms with Crippen molar-refractivity contribution < 1.29 is 17.9 Å². The normalized spacial score (nSPS) is 20.1. The van der Waals surface area contributed by atoms with E-state index in [1.807, 2.05) is 32.3 Å². The second-order valence-electron chi connectivity index (χ2n) is 8.73. The Balaban J connectivity index is 1.66. The predicted octanol–water partition coefficient (Wildman–Crippen LogP) is 4.04. The zero-order chi connectivity index (χ0) is 24.6. The predicted molar refractivity (Wildman–Crippen MR) is 135 cm³/mol. The summed E-state index contributed by atoms with van der Waals surface area (Å²) in [7, 11) is -3.67. The standard InChI is InChI=1S/C25H29N3O4S2/c1-6-11-28-22-13-16(2)12-17(3)23(22)33-25(28)26-24(29)20-7-9-21(10-8-20)34(30,31)27-14-18(4)32-19(5)15-27/h6-10,12-13,18-19H,1,11,14-15H2,2-5H3. The highest BCUT2D eigenvalue weighted by molar-refractivity contribution is 7.89. The molecule has 1 saturated heterocycles. The van der Waals surface area contributed by atoms with Crippen molar-refractivity contribution in [3.63, 3.8) is 0 Å². The molecule has 1 aliphatic rings. The Morgan fingerprint density at radius 2 is 1.82 bits per heavy atom. The number of benzene rings is 2. The van der Waals surface area contributed by atoms with Gasteiger partial charge >= 0.3 is 0 Å². The number of carbonyl (C=O) groups excluding carboxylic acids is 1. The Labute approximate surface area is 204 Å². The van der Waals surface area contributed by atoms with E-state index in [1.54, 1.807) is 6.08 Å². The van der Waals surface area contributed by atoms with Gasteiger partial charge in [-0.25, -0.2) is 8.42 Å². The van der Waals surface area contributed by atoms with Gasteiger partial charge in [-0.2, -0.15) is 9.30 Å². The molecule has 0 spiro atoms. The van der Waals surface area contributed by atoms with Gasteiger partial charge in [0.1, 0.15) is 0 Å². The van der Waals surface area contributed by atoms with Crippen molar-refractivity contribution in [1.82, 2.24) is 8.87 Å². The van der Waals surface area contributed by atoms with Crippen LogP contribution >= 0.6 is 11.3 Å². The fraction of sp³-hybridized carbons (Fsp3) is 0.360. The number of allylic oxidation sites excluding steroid dienone is 1. The van der Waals surface area contributed by atoms with E-state index in [-0.39, 0.29) is 17.1 Å². The number of aromatic nitrogens is 1. The van der Waals surface area contributed by atoms with E-state index in [4.69, 9.17) is 4.74 Å². The maximum Gasteiger partial charge on any atom is 0.279 e. The van der Waals surface area contributed by atoms with E-state index in [2.05, 4.69) is 23.7 Å². The van der Waals surface area contributed by atoms with Gasteiger partial charge in [0.25, 0.3) is 5.91 Å². The topological polar surface area (TPSA) is 81.0 Å². The third-order valence-corrected chi connectivity index (χ3v) is 8.82. The largest absolute Gasteiger partial charge is 0.373 e. The van der Waals surface area contributed by atoms with Gasteiger partial charge in [-0.15, -0.1) is 6.58 Å². The lowest BCUT2D eigenvalue weighted by Crippen LogP contribution is -2.48. The Bertz CT molecular complexity index is 1410. The molecule has 4 rings (SSSR count). The first-order valence-electron chi connectivity index (χ1n) is 11.2. The first-order chi connectivity index (χ1) is 16.1. The molecule has 0 aliphatic carbocycles. The molecule has 3 aromatic rings. The summed E-state index contributed by atoms with van der Waals surface area (Å²) in [6.07, 6.45) is 1.43. The number of hydrogen-bond acceptors (Lipinski definition) is 5. The van der Waals surface area contributed by atoms with Gasteiger partial charge in [-0.05, 0) is 69.2 Å². The molecule has 9 heteroatoms. The van der Waals surface area contributed by atoms with E-state index >= 15 is 0 Å². The van der Waals surface area contributed by atoms with Gasteiger partial charge < -0.3 is 9.30 Å². The van der Waals surface area contributed by atoms with E-state index in [0.29, 0.717) is 30.0 Å². The molecule has 2 aromatic carbocycles. The third kappa shape index (κ3) is 4.79. The molecule has 1 aromatic heterocycles. The van der Waals surface area contributed by atoms with Crippen molar-refractivity contribution in [1.29, 1.82) is 0 Å². The van der Waals surface area contributed by atoms with Gasteiger partial charge in [0.15, 0.2) is 4.80 Å². The molecule has 0 radical (unpaired) electrons. The van der Waals surface area contributed by atoms with Crippen molar-refractivity contribution >= 4 is 37.5 Å². The van der Waals surface area contributed by atoms with Gasteiger partial charge in [0.2, 0.25) is 10.0 Å². The number of sulfonamides is 1. The fourth-order valence-corrected chi connectivity index (χ4v) is 6.98. The lowest BCUT2D eigenvalue weighted by Gasteiger charge is -2.34. The quantitative estimate of drug-likeness (QED) is 0.496. The molecule has 0 N–H and O–H groups in total. The van der Waals surface area contributed by atoms with E-state index < -0.39 is 15.9 Å². The van der Waals surface area contributed by atoms with Crippen LogP contribution in [-0.2, 0) is 21.3 Å². The molecular formula is C25H29N3O4S2. The van der Waals surface area contributed by atoms with Crippen molar-refractivity contribution in [3.05, 3.63) is 70.5 Å². The average molecular weight is 500 g/mol. The van der Waals surface area contributed by atoms with E-state index in [0.717, 1.165) is 21.3 Å². The van der Waals surface area contributed by atoms with Gasteiger partial charge in [-0.3, -0.25) is 4.79 Å². The molecule has 0 bridgehead atoms. The Kier molecular flexibility index (Phi) is 6.91.